The fourth-order valence-corrected chi connectivity index (χ4v) is 4.64. The molecule has 1 aliphatic rings. The summed E-state index contributed by atoms with van der Waals surface area (Å²) in [6.45, 7) is 1.62. The Morgan fingerprint density at radius 1 is 0.846 bits per heavy atom. The number of nitrogens with zero attached hydrogens (tertiary/aromatic N) is 4. The van der Waals surface area contributed by atoms with Crippen molar-refractivity contribution >= 4 is 49.7 Å². The molecule has 4 heterocycles. The quantitative estimate of drug-likeness (QED) is 0.179. The highest BCUT2D eigenvalue weighted by atomic mass is 79.9. The summed E-state index contributed by atoms with van der Waals surface area (Å²) in [6.07, 6.45) is 7.83. The first kappa shape index (κ1) is 28.4. The van der Waals surface area contributed by atoms with E-state index >= 15 is 0 Å². The minimum absolute atomic E-state index is 0. The van der Waals surface area contributed by atoms with Gasteiger partial charge in [-0.25, -0.2) is 0 Å². The summed E-state index contributed by atoms with van der Waals surface area (Å²) in [4.78, 5) is 27.7. The molecule has 8 heteroatoms. The van der Waals surface area contributed by atoms with Crippen LogP contribution in [0, 0.1) is 0 Å². The van der Waals surface area contributed by atoms with Gasteiger partial charge in [-0.1, -0.05) is 64.5 Å². The second-order valence-corrected chi connectivity index (χ2v) is 9.47. The Bertz CT molecular complexity index is 1520. The Labute approximate surface area is 247 Å². The van der Waals surface area contributed by atoms with E-state index in [4.69, 9.17) is 9.72 Å². The van der Waals surface area contributed by atoms with Gasteiger partial charge < -0.3 is 9.64 Å². The van der Waals surface area contributed by atoms with Crippen LogP contribution in [0.4, 0.5) is 0 Å². The average molecular weight is 648 g/mol. The Balaban J connectivity index is 0.000000339. The molecule has 6 nitrogen and oxygen atoms in total. The van der Waals surface area contributed by atoms with Crippen LogP contribution in [0.15, 0.2) is 104 Å². The molecule has 0 saturated heterocycles. The number of carbonyl (C=O) groups excluding carboxylic acids is 1. The van der Waals surface area contributed by atoms with Crippen LogP contribution >= 0.6 is 32.9 Å². The van der Waals surface area contributed by atoms with Crippen LogP contribution in [0.1, 0.15) is 32.7 Å². The standard InChI is InChI=1S/C25H21N3O2.C6H6BrN.BrH/c29-25-24-20(7-3-9-23(24)30-17-18-5-4-13-26-15-18)16-28(25)14-12-21-11-10-19-6-1-2-8-22(19)27-21;7-4-6-2-1-3-8-5-6;/h1-11,13,15H,12,14,16-17H2;1-3,5H,4H2;1H. The molecule has 0 aliphatic carbocycles. The third-order valence-corrected chi connectivity index (χ3v) is 6.91. The van der Waals surface area contributed by atoms with Crippen molar-refractivity contribution in [1.82, 2.24) is 19.9 Å². The van der Waals surface area contributed by atoms with E-state index in [0.29, 0.717) is 31.0 Å². The third kappa shape index (κ3) is 7.28. The first-order chi connectivity index (χ1) is 18.7. The second kappa shape index (κ2) is 14.0. The largest absolute Gasteiger partial charge is 0.488 e. The topological polar surface area (TPSA) is 68.2 Å². The van der Waals surface area contributed by atoms with E-state index in [0.717, 1.165) is 39.5 Å². The maximum Gasteiger partial charge on any atom is 0.258 e. The predicted octanol–water partition coefficient (Wildman–Crippen LogP) is 6.96. The number of rotatable bonds is 7. The molecule has 2 aromatic carbocycles. The van der Waals surface area contributed by atoms with Gasteiger partial charge in [-0.3, -0.25) is 19.7 Å². The molecule has 0 fully saturated rings. The van der Waals surface area contributed by atoms with Crippen molar-refractivity contribution in [3.05, 3.63) is 132 Å². The summed E-state index contributed by atoms with van der Waals surface area (Å²) in [5, 5.41) is 2.02. The molecule has 5 aromatic rings. The smallest absolute Gasteiger partial charge is 0.258 e. The molecular weight excluding hydrogens is 620 g/mol. The van der Waals surface area contributed by atoms with Crippen molar-refractivity contribution in [3.63, 3.8) is 0 Å². The van der Waals surface area contributed by atoms with E-state index in [1.165, 1.54) is 5.56 Å². The van der Waals surface area contributed by atoms with Gasteiger partial charge in [0.25, 0.3) is 5.91 Å². The number of aromatic nitrogens is 3. The predicted molar refractivity (Wildman–Crippen MR) is 162 cm³/mol. The maximum atomic E-state index is 13.1. The molecule has 0 spiro atoms. The minimum atomic E-state index is 0. The molecule has 0 unspecified atom stereocenters. The molecule has 0 N–H and O–H groups in total. The van der Waals surface area contributed by atoms with Gasteiger partial charge in [-0.15, -0.1) is 17.0 Å². The summed E-state index contributed by atoms with van der Waals surface area (Å²) >= 11 is 3.32. The van der Waals surface area contributed by atoms with E-state index < -0.39 is 0 Å². The fourth-order valence-electron chi connectivity index (χ4n) is 4.31. The van der Waals surface area contributed by atoms with Gasteiger partial charge in [-0.05, 0) is 41.5 Å². The van der Waals surface area contributed by atoms with E-state index in [2.05, 4.69) is 38.0 Å². The van der Waals surface area contributed by atoms with Crippen molar-refractivity contribution in [2.45, 2.75) is 24.9 Å². The van der Waals surface area contributed by atoms with Gasteiger partial charge in [0, 0.05) is 66.3 Å². The SMILES string of the molecule is Br.BrCc1cccnc1.O=C1c2c(cccc2OCc2cccnc2)CN1CCc1ccc2ccccc2n1. The van der Waals surface area contributed by atoms with Gasteiger partial charge >= 0.3 is 0 Å². The lowest BCUT2D eigenvalue weighted by atomic mass is 10.1. The number of fused-ring (bicyclic) bond motifs is 2. The lowest BCUT2D eigenvalue weighted by Crippen LogP contribution is -2.26. The van der Waals surface area contributed by atoms with Crippen molar-refractivity contribution in [2.24, 2.45) is 0 Å². The minimum Gasteiger partial charge on any atom is -0.488 e. The van der Waals surface area contributed by atoms with Crippen molar-refractivity contribution in [3.8, 4) is 5.75 Å². The Kier molecular flexibility index (Phi) is 10.2. The average Bonchev–Trinajstić information content (AvgIpc) is 3.32. The Hall–Kier alpha value is -3.62. The molecular formula is C31H28Br2N4O2. The van der Waals surface area contributed by atoms with Gasteiger partial charge in [-0.2, -0.15) is 0 Å². The first-order valence-corrected chi connectivity index (χ1v) is 13.6. The molecule has 0 bridgehead atoms. The van der Waals surface area contributed by atoms with E-state index in [-0.39, 0.29) is 22.9 Å². The maximum absolute atomic E-state index is 13.1. The van der Waals surface area contributed by atoms with Crippen LogP contribution in [-0.2, 0) is 24.9 Å². The molecule has 1 amide bonds. The molecule has 1 aliphatic heterocycles. The van der Waals surface area contributed by atoms with Crippen LogP contribution in [-0.4, -0.2) is 32.3 Å². The number of amides is 1. The van der Waals surface area contributed by atoms with Crippen LogP contribution in [0.2, 0.25) is 0 Å². The zero-order valence-electron chi connectivity index (χ0n) is 21.2. The fraction of sp³-hybridized carbons (Fsp3) is 0.161. The highest BCUT2D eigenvalue weighted by molar-refractivity contribution is 9.08. The van der Waals surface area contributed by atoms with Crippen molar-refractivity contribution < 1.29 is 9.53 Å². The van der Waals surface area contributed by atoms with Crippen molar-refractivity contribution in [2.75, 3.05) is 6.54 Å². The van der Waals surface area contributed by atoms with Crippen LogP contribution < -0.4 is 4.74 Å². The molecule has 6 rings (SSSR count). The van der Waals surface area contributed by atoms with Gasteiger partial charge in [0.05, 0.1) is 11.1 Å². The zero-order chi connectivity index (χ0) is 26.2. The normalized spacial score (nSPS) is 11.8. The number of pyridine rings is 3. The number of halogens is 2. The number of hydrogen-bond acceptors (Lipinski definition) is 5. The van der Waals surface area contributed by atoms with Gasteiger partial charge in [0.2, 0.25) is 0 Å². The lowest BCUT2D eigenvalue weighted by molar-refractivity contribution is 0.0776. The van der Waals surface area contributed by atoms with Crippen LogP contribution in [0.25, 0.3) is 10.9 Å². The summed E-state index contributed by atoms with van der Waals surface area (Å²) in [6, 6.07) is 25.8. The number of alkyl halides is 1. The first-order valence-electron chi connectivity index (χ1n) is 12.4. The van der Waals surface area contributed by atoms with Crippen molar-refractivity contribution in [1.29, 1.82) is 0 Å². The van der Waals surface area contributed by atoms with Crippen LogP contribution in [0.3, 0.4) is 0 Å². The monoisotopic (exact) mass is 646 g/mol. The van der Waals surface area contributed by atoms with Gasteiger partial charge in [0.1, 0.15) is 12.4 Å². The van der Waals surface area contributed by atoms with E-state index in [1.54, 1.807) is 18.6 Å². The zero-order valence-corrected chi connectivity index (χ0v) is 24.5. The molecule has 3 aromatic heterocycles. The Morgan fingerprint density at radius 2 is 1.62 bits per heavy atom. The third-order valence-electron chi connectivity index (χ3n) is 6.26. The number of para-hydroxylation sites is 1. The molecule has 198 valence electrons. The highest BCUT2D eigenvalue weighted by Gasteiger charge is 2.30. The summed E-state index contributed by atoms with van der Waals surface area (Å²) in [7, 11) is 0. The summed E-state index contributed by atoms with van der Waals surface area (Å²) in [5.41, 5.74) is 5.85. The van der Waals surface area contributed by atoms with E-state index in [9.17, 15) is 4.79 Å². The highest BCUT2D eigenvalue weighted by Crippen LogP contribution is 2.31. The number of benzene rings is 2. The number of carbonyl (C=O) groups is 1. The Morgan fingerprint density at radius 3 is 2.33 bits per heavy atom. The molecule has 0 radical (unpaired) electrons. The van der Waals surface area contributed by atoms with E-state index in [1.807, 2.05) is 77.8 Å². The molecule has 0 atom stereocenters. The number of ether oxygens (including phenoxy) is 1. The second-order valence-electron chi connectivity index (χ2n) is 8.91. The molecule has 39 heavy (non-hydrogen) atoms. The summed E-state index contributed by atoms with van der Waals surface area (Å²) < 4.78 is 5.96. The van der Waals surface area contributed by atoms with Gasteiger partial charge in [0.15, 0.2) is 0 Å². The lowest BCUT2D eigenvalue weighted by Gasteiger charge is -2.15. The number of hydrogen-bond donors (Lipinski definition) is 0. The van der Waals surface area contributed by atoms with Crippen LogP contribution in [0.5, 0.6) is 5.75 Å². The molecule has 0 saturated carbocycles. The summed E-state index contributed by atoms with van der Waals surface area (Å²) in [5.74, 6) is 0.653.